The van der Waals surface area contributed by atoms with Crippen LogP contribution in [-0.4, -0.2) is 49.5 Å². The van der Waals surface area contributed by atoms with Gasteiger partial charge >= 0.3 is 6.03 Å². The van der Waals surface area contributed by atoms with E-state index in [0.717, 1.165) is 38.2 Å². The van der Waals surface area contributed by atoms with Gasteiger partial charge in [-0.05, 0) is 19.8 Å². The maximum Gasteiger partial charge on any atom is 0.315 e. The van der Waals surface area contributed by atoms with Crippen molar-refractivity contribution in [2.75, 3.05) is 32.0 Å². The number of carbonyl (C=O) groups excluding carboxylic acids is 1. The second-order valence-corrected chi connectivity index (χ2v) is 8.27. The maximum absolute atomic E-state index is 11.4. The van der Waals surface area contributed by atoms with E-state index in [9.17, 15) is 4.79 Å². The molecule has 2 amide bonds. The van der Waals surface area contributed by atoms with Gasteiger partial charge in [0.15, 0.2) is 0 Å². The minimum atomic E-state index is -0.156. The Morgan fingerprint density at radius 1 is 1.12 bits per heavy atom. The molecule has 0 saturated heterocycles. The number of ether oxygens (including phenoxy) is 1. The van der Waals surface area contributed by atoms with E-state index >= 15 is 0 Å². The number of hydrogen-bond acceptors (Lipinski definition) is 5. The Balaban J connectivity index is 3.35. The smallest absolute Gasteiger partial charge is 0.315 e. The first-order chi connectivity index (χ1) is 11.6. The Kier molecular flexibility index (Phi) is 16.9. The van der Waals surface area contributed by atoms with Gasteiger partial charge in [0.25, 0.3) is 0 Å². The number of rotatable bonds is 13. The van der Waals surface area contributed by atoms with Gasteiger partial charge in [0.1, 0.15) is 5.44 Å². The van der Waals surface area contributed by atoms with E-state index in [1.807, 2.05) is 17.7 Å². The van der Waals surface area contributed by atoms with Crippen molar-refractivity contribution in [3.8, 4) is 11.8 Å². The van der Waals surface area contributed by atoms with Crippen LogP contribution in [0.3, 0.4) is 0 Å². The van der Waals surface area contributed by atoms with Crippen LogP contribution in [0.2, 0.25) is 0 Å². The first-order valence-electron chi connectivity index (χ1n) is 8.67. The molecule has 0 radical (unpaired) electrons. The van der Waals surface area contributed by atoms with E-state index < -0.39 is 0 Å². The Morgan fingerprint density at radius 2 is 1.92 bits per heavy atom. The van der Waals surface area contributed by atoms with Gasteiger partial charge in [0.2, 0.25) is 0 Å². The minimum Gasteiger partial charge on any atom is -0.367 e. The van der Waals surface area contributed by atoms with Crippen molar-refractivity contribution in [1.82, 2.24) is 16.0 Å². The van der Waals surface area contributed by atoms with Crippen molar-refractivity contribution in [1.29, 1.82) is 0 Å². The van der Waals surface area contributed by atoms with Crippen LogP contribution in [0.1, 0.15) is 47.0 Å². The Labute approximate surface area is 155 Å². The molecule has 24 heavy (non-hydrogen) atoms. The van der Waals surface area contributed by atoms with Crippen LogP contribution in [0.4, 0.5) is 4.79 Å². The fourth-order valence-electron chi connectivity index (χ4n) is 1.61. The zero-order valence-corrected chi connectivity index (χ0v) is 17.1. The molecule has 0 saturated carbocycles. The van der Waals surface area contributed by atoms with E-state index in [4.69, 9.17) is 4.74 Å². The summed E-state index contributed by atoms with van der Waals surface area (Å²) in [5, 5.41) is 8.91. The molecule has 0 aliphatic heterocycles. The minimum absolute atomic E-state index is 0.156. The zero-order chi connectivity index (χ0) is 18.0. The Bertz CT molecular complexity index is 371. The van der Waals surface area contributed by atoms with E-state index in [2.05, 4.69) is 48.6 Å². The summed E-state index contributed by atoms with van der Waals surface area (Å²) in [6, 6.07) is 0.390. The van der Waals surface area contributed by atoms with Crippen LogP contribution in [0, 0.1) is 11.8 Å². The predicted molar refractivity (Wildman–Crippen MR) is 107 cm³/mol. The lowest BCUT2D eigenvalue weighted by Gasteiger charge is -2.13. The van der Waals surface area contributed by atoms with Crippen LogP contribution in [-0.2, 0) is 4.74 Å². The van der Waals surface area contributed by atoms with Crippen LogP contribution in [0.15, 0.2) is 0 Å². The lowest BCUT2D eigenvalue weighted by atomic mass is 10.3. The molecule has 0 bridgehead atoms. The highest BCUT2D eigenvalue weighted by molar-refractivity contribution is 8.76. The summed E-state index contributed by atoms with van der Waals surface area (Å²) in [4.78, 5) is 11.4. The summed E-state index contributed by atoms with van der Waals surface area (Å²) in [6.07, 6.45) is 2.67. The number of amides is 2. The van der Waals surface area contributed by atoms with Gasteiger partial charge in [-0.25, -0.2) is 4.79 Å². The molecule has 140 valence electrons. The Morgan fingerprint density at radius 3 is 2.62 bits per heavy atom. The normalized spacial score (nSPS) is 11.7. The van der Waals surface area contributed by atoms with Gasteiger partial charge in [-0.15, -0.1) is 5.92 Å². The molecule has 0 fully saturated rings. The summed E-state index contributed by atoms with van der Waals surface area (Å²) in [5.74, 6) is 6.86. The van der Waals surface area contributed by atoms with Gasteiger partial charge < -0.3 is 20.7 Å². The SMILES string of the molecule is CCC#CCNC(=O)NCCCCOC(C)SSCCNC(C)C. The number of unbranched alkanes of at least 4 members (excludes halogenated alkanes) is 1. The fourth-order valence-corrected chi connectivity index (χ4v) is 3.53. The molecule has 0 aromatic heterocycles. The maximum atomic E-state index is 11.4. The van der Waals surface area contributed by atoms with Crippen molar-refractivity contribution in [3.63, 3.8) is 0 Å². The number of carbonyl (C=O) groups is 1. The second-order valence-electron chi connectivity index (χ2n) is 5.49. The monoisotopic (exact) mass is 375 g/mol. The Hall–Kier alpha value is -0.550. The van der Waals surface area contributed by atoms with Crippen molar-refractivity contribution in [3.05, 3.63) is 0 Å². The highest BCUT2D eigenvalue weighted by Gasteiger charge is 2.03. The van der Waals surface area contributed by atoms with Crippen molar-refractivity contribution in [2.45, 2.75) is 58.4 Å². The number of nitrogens with one attached hydrogen (secondary N) is 3. The summed E-state index contributed by atoms with van der Waals surface area (Å²) in [7, 11) is 3.61. The van der Waals surface area contributed by atoms with E-state index in [-0.39, 0.29) is 11.5 Å². The number of urea groups is 1. The summed E-state index contributed by atoms with van der Waals surface area (Å²) >= 11 is 0. The van der Waals surface area contributed by atoms with Crippen LogP contribution < -0.4 is 16.0 Å². The first kappa shape index (κ1) is 23.4. The molecule has 0 aliphatic rings. The van der Waals surface area contributed by atoms with Crippen molar-refractivity contribution < 1.29 is 9.53 Å². The van der Waals surface area contributed by atoms with Crippen LogP contribution in [0.25, 0.3) is 0 Å². The van der Waals surface area contributed by atoms with Gasteiger partial charge in [-0.2, -0.15) is 0 Å². The lowest BCUT2D eigenvalue weighted by molar-refractivity contribution is 0.121. The molecule has 0 aromatic rings. The van der Waals surface area contributed by atoms with E-state index in [1.54, 1.807) is 10.8 Å². The third kappa shape index (κ3) is 17.8. The third-order valence-corrected chi connectivity index (χ3v) is 5.43. The highest BCUT2D eigenvalue weighted by atomic mass is 33.1. The first-order valence-corrected chi connectivity index (χ1v) is 11.0. The standard InChI is InChI=1S/C17H33N3O2S2/c1-5-6-7-10-19-17(21)20-11-8-9-13-22-16(4)24-23-14-12-18-15(2)3/h15-16,18H,5,8-14H2,1-4H3,(H2,19,20,21). The van der Waals surface area contributed by atoms with Gasteiger partial charge in [-0.1, -0.05) is 48.3 Å². The van der Waals surface area contributed by atoms with Crippen molar-refractivity contribution in [2.24, 2.45) is 0 Å². The fraction of sp³-hybridized carbons (Fsp3) is 0.824. The highest BCUT2D eigenvalue weighted by Crippen LogP contribution is 2.26. The molecule has 0 aliphatic carbocycles. The molecule has 0 rings (SSSR count). The molecule has 1 unspecified atom stereocenters. The third-order valence-electron chi connectivity index (χ3n) is 2.79. The average Bonchev–Trinajstić information content (AvgIpc) is 2.54. The predicted octanol–water partition coefficient (Wildman–Crippen LogP) is 3.22. The summed E-state index contributed by atoms with van der Waals surface area (Å²) in [6.45, 7) is 11.2. The largest absolute Gasteiger partial charge is 0.367 e. The number of hydrogen-bond donors (Lipinski definition) is 3. The zero-order valence-electron chi connectivity index (χ0n) is 15.4. The lowest BCUT2D eigenvalue weighted by Crippen LogP contribution is -2.36. The molecule has 7 heteroatoms. The molecule has 3 N–H and O–H groups in total. The molecule has 0 heterocycles. The molecule has 0 spiro atoms. The quantitative estimate of drug-likeness (QED) is 0.200. The summed E-state index contributed by atoms with van der Waals surface area (Å²) < 4.78 is 5.74. The molecular formula is C17H33N3O2S2. The van der Waals surface area contributed by atoms with Gasteiger partial charge in [-0.3, -0.25) is 0 Å². The van der Waals surface area contributed by atoms with Crippen LogP contribution >= 0.6 is 21.6 Å². The molecule has 0 aromatic carbocycles. The molecule has 1 atom stereocenters. The van der Waals surface area contributed by atoms with E-state index in [1.165, 1.54) is 0 Å². The average molecular weight is 376 g/mol. The van der Waals surface area contributed by atoms with Gasteiger partial charge in [0.05, 0.1) is 6.54 Å². The summed E-state index contributed by atoms with van der Waals surface area (Å²) in [5.41, 5.74) is 0.197. The topological polar surface area (TPSA) is 62.4 Å². The molecule has 5 nitrogen and oxygen atoms in total. The van der Waals surface area contributed by atoms with Gasteiger partial charge in [0, 0.05) is 37.9 Å². The van der Waals surface area contributed by atoms with Crippen molar-refractivity contribution >= 4 is 27.6 Å². The van der Waals surface area contributed by atoms with Crippen LogP contribution in [0.5, 0.6) is 0 Å². The van der Waals surface area contributed by atoms with E-state index in [0.29, 0.717) is 19.1 Å². The second kappa shape index (κ2) is 17.3. The molecular weight excluding hydrogens is 342 g/mol.